The Morgan fingerprint density at radius 2 is 2.38 bits per heavy atom. The van der Waals surface area contributed by atoms with Gasteiger partial charge in [-0.1, -0.05) is 5.16 Å². The molecule has 1 saturated heterocycles. The Bertz CT molecular complexity index is 503. The molecule has 0 amide bonds. The van der Waals surface area contributed by atoms with Crippen molar-refractivity contribution in [3.05, 3.63) is 17.5 Å². The van der Waals surface area contributed by atoms with Gasteiger partial charge >= 0.3 is 0 Å². The smallest absolute Gasteiger partial charge is 0.181 e. The second-order valence-corrected chi connectivity index (χ2v) is 6.44. The van der Waals surface area contributed by atoms with E-state index in [2.05, 4.69) is 5.16 Å². The molecule has 16 heavy (non-hydrogen) atoms. The molecule has 1 aromatic rings. The number of nitrogens with zero attached hydrogens (tertiary/aromatic N) is 1. The average molecular weight is 243 g/mol. The molecule has 0 spiro atoms. The lowest BCUT2D eigenvalue weighted by atomic mass is 10.0. The summed E-state index contributed by atoms with van der Waals surface area (Å²) in [6.45, 7) is 1.42. The summed E-state index contributed by atoms with van der Waals surface area (Å²) >= 11 is 0. The highest BCUT2D eigenvalue weighted by Gasteiger charge is 2.28. The molecule has 1 fully saturated rings. The zero-order valence-electron chi connectivity index (χ0n) is 8.97. The summed E-state index contributed by atoms with van der Waals surface area (Å²) in [6.07, 6.45) is 1.21. The van der Waals surface area contributed by atoms with Crippen molar-refractivity contribution >= 4 is 15.6 Å². The number of carbonyl (C=O) groups excluding carboxylic acids is 1. The Kier molecular flexibility index (Phi) is 2.84. The molecule has 1 aromatic heterocycles. The van der Waals surface area contributed by atoms with E-state index in [0.29, 0.717) is 24.3 Å². The number of ketones is 1. The fourth-order valence-electron chi connectivity index (χ4n) is 1.89. The number of sulfone groups is 1. The SMILES string of the molecule is CC(=O)c1cc(CC2CCS(=O)(=O)C2)on1. The first kappa shape index (κ1) is 11.3. The maximum Gasteiger partial charge on any atom is 0.181 e. The normalized spacial score (nSPS) is 23.4. The molecule has 1 atom stereocenters. The second kappa shape index (κ2) is 4.01. The third-order valence-electron chi connectivity index (χ3n) is 2.74. The maximum absolute atomic E-state index is 11.2. The van der Waals surface area contributed by atoms with Crippen LogP contribution >= 0.6 is 0 Å². The number of Topliss-reactive ketones (excluding diaryl/α,β-unsaturated/α-hetero) is 1. The summed E-state index contributed by atoms with van der Waals surface area (Å²) in [7, 11) is -2.85. The predicted octanol–water partition coefficient (Wildman–Crippen LogP) is 0.854. The Morgan fingerprint density at radius 3 is 2.88 bits per heavy atom. The van der Waals surface area contributed by atoms with Crippen molar-refractivity contribution in [1.29, 1.82) is 0 Å². The number of rotatable bonds is 3. The molecule has 2 rings (SSSR count). The quantitative estimate of drug-likeness (QED) is 0.736. The first-order valence-corrected chi connectivity index (χ1v) is 6.95. The third kappa shape index (κ3) is 2.49. The van der Waals surface area contributed by atoms with Gasteiger partial charge in [-0.25, -0.2) is 8.42 Å². The van der Waals surface area contributed by atoms with Gasteiger partial charge in [0.2, 0.25) is 0 Å². The van der Waals surface area contributed by atoms with E-state index < -0.39 is 9.84 Å². The molecule has 1 unspecified atom stereocenters. The Balaban J connectivity index is 2.02. The lowest BCUT2D eigenvalue weighted by Crippen LogP contribution is -2.07. The van der Waals surface area contributed by atoms with Crippen LogP contribution in [0.25, 0.3) is 0 Å². The maximum atomic E-state index is 11.2. The molecular formula is C10H13NO4S. The summed E-state index contributed by atoms with van der Waals surface area (Å²) in [5.74, 6) is 1.01. The molecule has 5 nitrogen and oxygen atoms in total. The Hall–Kier alpha value is -1.17. The van der Waals surface area contributed by atoms with Crippen LogP contribution in [0, 0.1) is 5.92 Å². The van der Waals surface area contributed by atoms with Gasteiger partial charge in [-0.3, -0.25) is 4.79 Å². The summed E-state index contributed by atoms with van der Waals surface area (Å²) in [5.41, 5.74) is 0.302. The number of hydrogen-bond donors (Lipinski definition) is 0. The topological polar surface area (TPSA) is 77.2 Å². The summed E-state index contributed by atoms with van der Waals surface area (Å²) < 4.78 is 27.5. The minimum atomic E-state index is -2.85. The molecule has 0 radical (unpaired) electrons. The van der Waals surface area contributed by atoms with Gasteiger partial charge in [0.1, 0.15) is 11.5 Å². The van der Waals surface area contributed by atoms with Crippen molar-refractivity contribution in [3.63, 3.8) is 0 Å². The van der Waals surface area contributed by atoms with E-state index >= 15 is 0 Å². The molecular weight excluding hydrogens is 230 g/mol. The van der Waals surface area contributed by atoms with Crippen molar-refractivity contribution in [2.75, 3.05) is 11.5 Å². The van der Waals surface area contributed by atoms with Crippen molar-refractivity contribution in [3.8, 4) is 0 Å². The van der Waals surface area contributed by atoms with Crippen LogP contribution in [0.5, 0.6) is 0 Å². The zero-order valence-corrected chi connectivity index (χ0v) is 9.79. The van der Waals surface area contributed by atoms with E-state index in [0.717, 1.165) is 0 Å². The van der Waals surface area contributed by atoms with E-state index in [4.69, 9.17) is 4.52 Å². The highest BCUT2D eigenvalue weighted by molar-refractivity contribution is 7.91. The van der Waals surface area contributed by atoms with Crippen LogP contribution < -0.4 is 0 Å². The predicted molar refractivity (Wildman–Crippen MR) is 57.0 cm³/mol. The molecule has 1 aliphatic heterocycles. The van der Waals surface area contributed by atoms with E-state index in [1.165, 1.54) is 6.92 Å². The zero-order chi connectivity index (χ0) is 11.8. The number of hydrogen-bond acceptors (Lipinski definition) is 5. The Labute approximate surface area is 93.7 Å². The number of carbonyl (C=O) groups is 1. The largest absolute Gasteiger partial charge is 0.361 e. The van der Waals surface area contributed by atoms with E-state index in [-0.39, 0.29) is 23.2 Å². The van der Waals surface area contributed by atoms with Gasteiger partial charge in [-0.2, -0.15) is 0 Å². The standard InChI is InChI=1S/C10H13NO4S/c1-7(12)10-5-9(15-11-10)4-8-2-3-16(13,14)6-8/h5,8H,2-4,6H2,1H3. The summed E-state index contributed by atoms with van der Waals surface area (Å²) in [5, 5.41) is 3.62. The lowest BCUT2D eigenvalue weighted by Gasteiger charge is -2.02. The van der Waals surface area contributed by atoms with Crippen LogP contribution in [0.3, 0.4) is 0 Å². The van der Waals surface area contributed by atoms with Crippen LogP contribution in [0.2, 0.25) is 0 Å². The Morgan fingerprint density at radius 1 is 1.62 bits per heavy atom. The van der Waals surface area contributed by atoms with E-state index in [1.807, 2.05) is 0 Å². The highest BCUT2D eigenvalue weighted by Crippen LogP contribution is 2.22. The van der Waals surface area contributed by atoms with E-state index in [1.54, 1.807) is 6.07 Å². The molecule has 0 bridgehead atoms. The van der Waals surface area contributed by atoms with Gasteiger partial charge in [0.15, 0.2) is 15.6 Å². The number of aromatic nitrogens is 1. The van der Waals surface area contributed by atoms with Gasteiger partial charge in [0.25, 0.3) is 0 Å². The monoisotopic (exact) mass is 243 g/mol. The van der Waals surface area contributed by atoms with Crippen molar-refractivity contribution in [1.82, 2.24) is 5.16 Å². The van der Waals surface area contributed by atoms with Crippen LogP contribution in [-0.2, 0) is 16.3 Å². The third-order valence-corrected chi connectivity index (χ3v) is 4.57. The molecule has 88 valence electrons. The van der Waals surface area contributed by atoms with Crippen LogP contribution in [-0.4, -0.2) is 30.9 Å². The lowest BCUT2D eigenvalue weighted by molar-refractivity contribution is 0.100. The molecule has 2 heterocycles. The fraction of sp³-hybridized carbons (Fsp3) is 0.600. The molecule has 0 saturated carbocycles. The van der Waals surface area contributed by atoms with Gasteiger partial charge < -0.3 is 4.52 Å². The average Bonchev–Trinajstić information content (AvgIpc) is 2.73. The minimum absolute atomic E-state index is 0.0951. The molecule has 0 aromatic carbocycles. The highest BCUT2D eigenvalue weighted by atomic mass is 32.2. The molecule has 0 N–H and O–H groups in total. The first-order chi connectivity index (χ1) is 7.46. The van der Waals surface area contributed by atoms with Gasteiger partial charge in [0, 0.05) is 19.4 Å². The van der Waals surface area contributed by atoms with Crippen molar-refractivity contribution in [2.24, 2.45) is 5.92 Å². The van der Waals surface area contributed by atoms with Crippen molar-refractivity contribution < 1.29 is 17.7 Å². The van der Waals surface area contributed by atoms with Crippen LogP contribution in [0.4, 0.5) is 0 Å². The molecule has 1 aliphatic rings. The van der Waals surface area contributed by atoms with Crippen LogP contribution in [0.1, 0.15) is 29.6 Å². The molecule has 0 aliphatic carbocycles. The second-order valence-electron chi connectivity index (χ2n) is 4.21. The van der Waals surface area contributed by atoms with Gasteiger partial charge in [0.05, 0.1) is 11.5 Å². The van der Waals surface area contributed by atoms with Gasteiger partial charge in [-0.15, -0.1) is 0 Å². The van der Waals surface area contributed by atoms with Crippen molar-refractivity contribution in [2.45, 2.75) is 19.8 Å². The summed E-state index contributed by atoms with van der Waals surface area (Å²) in [6, 6.07) is 1.59. The first-order valence-electron chi connectivity index (χ1n) is 5.13. The molecule has 6 heteroatoms. The fourth-order valence-corrected chi connectivity index (χ4v) is 3.75. The minimum Gasteiger partial charge on any atom is -0.361 e. The van der Waals surface area contributed by atoms with Crippen LogP contribution in [0.15, 0.2) is 10.6 Å². The van der Waals surface area contributed by atoms with Gasteiger partial charge in [-0.05, 0) is 12.3 Å². The van der Waals surface area contributed by atoms with E-state index in [9.17, 15) is 13.2 Å². The summed E-state index contributed by atoms with van der Waals surface area (Å²) in [4.78, 5) is 11.0.